The van der Waals surface area contributed by atoms with Crippen molar-refractivity contribution in [3.63, 3.8) is 0 Å². The first-order chi connectivity index (χ1) is 10.2. The first-order valence-electron chi connectivity index (χ1n) is 7.00. The van der Waals surface area contributed by atoms with E-state index in [1.165, 1.54) is 18.5 Å². The van der Waals surface area contributed by atoms with Crippen molar-refractivity contribution < 1.29 is 9.18 Å². The molecule has 0 atom stereocenters. The van der Waals surface area contributed by atoms with Crippen molar-refractivity contribution in [2.24, 2.45) is 0 Å². The largest absolute Gasteiger partial charge is 0.371 e. The maximum absolute atomic E-state index is 13.9. The van der Waals surface area contributed by atoms with E-state index in [0.717, 1.165) is 31.6 Å². The SMILES string of the molecule is O=C(Nc1cc(N2CCCC2)ccc1F)c1ccncc1. The lowest BCUT2D eigenvalue weighted by Gasteiger charge is -2.18. The number of anilines is 2. The predicted molar refractivity (Wildman–Crippen MR) is 80.0 cm³/mol. The Bertz CT molecular complexity index is 639. The van der Waals surface area contributed by atoms with Gasteiger partial charge in [-0.15, -0.1) is 0 Å². The van der Waals surface area contributed by atoms with Crippen molar-refractivity contribution in [2.75, 3.05) is 23.3 Å². The number of nitrogens with one attached hydrogen (secondary N) is 1. The molecule has 1 N–H and O–H groups in total. The minimum absolute atomic E-state index is 0.209. The summed E-state index contributed by atoms with van der Waals surface area (Å²) in [5.41, 5.74) is 1.61. The van der Waals surface area contributed by atoms with Crippen molar-refractivity contribution in [2.45, 2.75) is 12.8 Å². The lowest BCUT2D eigenvalue weighted by Crippen LogP contribution is -2.18. The number of pyridine rings is 1. The molecule has 0 saturated carbocycles. The van der Waals surface area contributed by atoms with Crippen LogP contribution in [0, 0.1) is 5.82 Å². The fourth-order valence-electron chi connectivity index (χ4n) is 2.48. The van der Waals surface area contributed by atoms with Crippen LogP contribution in [-0.2, 0) is 0 Å². The van der Waals surface area contributed by atoms with Crippen molar-refractivity contribution in [3.05, 3.63) is 54.1 Å². The Hall–Kier alpha value is -2.43. The smallest absolute Gasteiger partial charge is 0.255 e. The van der Waals surface area contributed by atoms with Crippen LogP contribution in [-0.4, -0.2) is 24.0 Å². The van der Waals surface area contributed by atoms with Gasteiger partial charge in [-0.25, -0.2) is 4.39 Å². The molecular formula is C16H16FN3O. The summed E-state index contributed by atoms with van der Waals surface area (Å²) in [6.07, 6.45) is 5.37. The van der Waals surface area contributed by atoms with E-state index in [0.29, 0.717) is 5.56 Å². The molecule has 1 fully saturated rings. The van der Waals surface area contributed by atoms with Crippen LogP contribution in [0.25, 0.3) is 0 Å². The summed E-state index contributed by atoms with van der Waals surface area (Å²) >= 11 is 0. The molecule has 1 aromatic heterocycles. The molecule has 2 heterocycles. The first kappa shape index (κ1) is 13.5. The molecule has 4 nitrogen and oxygen atoms in total. The summed E-state index contributed by atoms with van der Waals surface area (Å²) in [6, 6.07) is 8.04. The second-order valence-electron chi connectivity index (χ2n) is 5.05. The van der Waals surface area contributed by atoms with Gasteiger partial charge in [0.1, 0.15) is 5.82 Å². The maximum atomic E-state index is 13.9. The summed E-state index contributed by atoms with van der Waals surface area (Å²) in [5.74, 6) is -0.768. The van der Waals surface area contributed by atoms with Crippen LogP contribution in [0.4, 0.5) is 15.8 Å². The molecule has 0 bridgehead atoms. The Morgan fingerprint density at radius 2 is 1.86 bits per heavy atom. The molecule has 2 aromatic rings. The van der Waals surface area contributed by atoms with E-state index in [9.17, 15) is 9.18 Å². The van der Waals surface area contributed by atoms with Crippen molar-refractivity contribution in [1.29, 1.82) is 0 Å². The second kappa shape index (κ2) is 5.91. The molecular weight excluding hydrogens is 269 g/mol. The Morgan fingerprint density at radius 1 is 1.14 bits per heavy atom. The molecule has 1 saturated heterocycles. The summed E-state index contributed by atoms with van der Waals surface area (Å²) in [5, 5.41) is 2.62. The fourth-order valence-corrected chi connectivity index (χ4v) is 2.48. The monoisotopic (exact) mass is 285 g/mol. The van der Waals surface area contributed by atoms with Gasteiger partial charge in [-0.1, -0.05) is 0 Å². The molecule has 21 heavy (non-hydrogen) atoms. The number of carbonyl (C=O) groups excluding carboxylic acids is 1. The van der Waals surface area contributed by atoms with Gasteiger partial charge in [-0.3, -0.25) is 9.78 Å². The van der Waals surface area contributed by atoms with Crippen LogP contribution in [0.1, 0.15) is 23.2 Å². The van der Waals surface area contributed by atoms with Crippen molar-refractivity contribution in [1.82, 2.24) is 4.98 Å². The third-order valence-corrected chi connectivity index (χ3v) is 3.61. The number of benzene rings is 1. The molecule has 1 aromatic carbocycles. The van der Waals surface area contributed by atoms with Crippen LogP contribution in [0.5, 0.6) is 0 Å². The zero-order valence-electron chi connectivity index (χ0n) is 11.6. The fraction of sp³-hybridized carbons (Fsp3) is 0.250. The second-order valence-corrected chi connectivity index (χ2v) is 5.05. The lowest BCUT2D eigenvalue weighted by atomic mass is 10.2. The van der Waals surface area contributed by atoms with E-state index in [2.05, 4.69) is 15.2 Å². The third-order valence-electron chi connectivity index (χ3n) is 3.61. The van der Waals surface area contributed by atoms with Gasteiger partial charge in [-0.05, 0) is 43.2 Å². The maximum Gasteiger partial charge on any atom is 0.255 e. The topological polar surface area (TPSA) is 45.2 Å². The Morgan fingerprint density at radius 3 is 2.57 bits per heavy atom. The third kappa shape index (κ3) is 3.02. The Balaban J connectivity index is 1.81. The molecule has 1 aliphatic rings. The molecule has 5 heteroatoms. The van der Waals surface area contributed by atoms with Gasteiger partial charge in [0.2, 0.25) is 0 Å². The molecule has 108 valence electrons. The lowest BCUT2D eigenvalue weighted by molar-refractivity contribution is 0.102. The minimum atomic E-state index is -0.430. The highest BCUT2D eigenvalue weighted by molar-refractivity contribution is 6.04. The molecule has 1 aliphatic heterocycles. The summed E-state index contributed by atoms with van der Waals surface area (Å²) in [7, 11) is 0. The van der Waals surface area contributed by atoms with Gasteiger partial charge in [0.15, 0.2) is 0 Å². The number of hydrogen-bond acceptors (Lipinski definition) is 3. The number of halogens is 1. The highest BCUT2D eigenvalue weighted by atomic mass is 19.1. The Labute approximate surface area is 122 Å². The summed E-state index contributed by atoms with van der Waals surface area (Å²) in [6.45, 7) is 1.95. The van der Waals surface area contributed by atoms with Crippen LogP contribution >= 0.6 is 0 Å². The molecule has 0 radical (unpaired) electrons. The molecule has 1 amide bonds. The van der Waals surface area contributed by atoms with Crippen LogP contribution in [0.2, 0.25) is 0 Å². The Kier molecular flexibility index (Phi) is 3.81. The molecule has 0 spiro atoms. The van der Waals surface area contributed by atoms with E-state index in [1.807, 2.05) is 0 Å². The number of aromatic nitrogens is 1. The average Bonchev–Trinajstić information content (AvgIpc) is 3.04. The van der Waals surface area contributed by atoms with E-state index in [4.69, 9.17) is 0 Å². The normalized spacial score (nSPS) is 14.2. The van der Waals surface area contributed by atoms with E-state index in [-0.39, 0.29) is 11.6 Å². The van der Waals surface area contributed by atoms with Gasteiger partial charge in [-0.2, -0.15) is 0 Å². The number of hydrogen-bond donors (Lipinski definition) is 1. The van der Waals surface area contributed by atoms with Crippen LogP contribution in [0.3, 0.4) is 0 Å². The number of rotatable bonds is 3. The minimum Gasteiger partial charge on any atom is -0.371 e. The number of carbonyl (C=O) groups is 1. The molecule has 0 unspecified atom stereocenters. The van der Waals surface area contributed by atoms with Crippen LogP contribution < -0.4 is 10.2 Å². The molecule has 0 aliphatic carbocycles. The zero-order valence-corrected chi connectivity index (χ0v) is 11.6. The van der Waals surface area contributed by atoms with Crippen LogP contribution in [0.15, 0.2) is 42.7 Å². The molecule has 3 rings (SSSR count). The predicted octanol–water partition coefficient (Wildman–Crippen LogP) is 3.07. The first-order valence-corrected chi connectivity index (χ1v) is 7.00. The van der Waals surface area contributed by atoms with E-state index in [1.54, 1.807) is 24.3 Å². The van der Waals surface area contributed by atoms with E-state index < -0.39 is 5.82 Å². The zero-order chi connectivity index (χ0) is 14.7. The number of amides is 1. The van der Waals surface area contributed by atoms with E-state index >= 15 is 0 Å². The highest BCUT2D eigenvalue weighted by Crippen LogP contribution is 2.26. The van der Waals surface area contributed by atoms with Gasteiger partial charge < -0.3 is 10.2 Å². The standard InChI is InChI=1S/C16H16FN3O/c17-14-4-3-13(20-9-1-2-10-20)11-15(14)19-16(21)12-5-7-18-8-6-12/h3-8,11H,1-2,9-10H2,(H,19,21). The summed E-state index contributed by atoms with van der Waals surface area (Å²) < 4.78 is 13.9. The van der Waals surface area contributed by atoms with Crippen molar-refractivity contribution >= 4 is 17.3 Å². The van der Waals surface area contributed by atoms with Gasteiger partial charge in [0, 0.05) is 36.7 Å². The summed E-state index contributed by atoms with van der Waals surface area (Å²) in [4.78, 5) is 18.1. The highest BCUT2D eigenvalue weighted by Gasteiger charge is 2.15. The quantitative estimate of drug-likeness (QED) is 0.942. The average molecular weight is 285 g/mol. The van der Waals surface area contributed by atoms with Gasteiger partial charge in [0.25, 0.3) is 5.91 Å². The number of nitrogens with zero attached hydrogens (tertiary/aromatic N) is 2. The van der Waals surface area contributed by atoms with Gasteiger partial charge >= 0.3 is 0 Å². The van der Waals surface area contributed by atoms with Gasteiger partial charge in [0.05, 0.1) is 5.69 Å². The van der Waals surface area contributed by atoms with Crippen molar-refractivity contribution in [3.8, 4) is 0 Å².